The normalized spacial score (nSPS) is 23.6. The van der Waals surface area contributed by atoms with E-state index in [2.05, 4.69) is 24.2 Å². The van der Waals surface area contributed by atoms with Gasteiger partial charge in [0, 0.05) is 25.1 Å². The molecule has 0 bridgehead atoms. The van der Waals surface area contributed by atoms with Gasteiger partial charge in [-0.25, -0.2) is 19.6 Å². The number of carboxylic acid groups (broad SMARTS) is 1. The highest BCUT2D eigenvalue weighted by atomic mass is 16.6. The topological polar surface area (TPSA) is 123 Å². The van der Waals surface area contributed by atoms with Gasteiger partial charge < -0.3 is 24.6 Å². The fourth-order valence-electron chi connectivity index (χ4n) is 5.30. The molecule has 2 fully saturated rings. The largest absolute Gasteiger partial charge is 0.497 e. The van der Waals surface area contributed by atoms with E-state index in [0.717, 1.165) is 74.0 Å². The number of alkyl carbamates (subject to hydrolysis) is 1. The van der Waals surface area contributed by atoms with E-state index >= 15 is 0 Å². The van der Waals surface area contributed by atoms with Crippen LogP contribution in [0.2, 0.25) is 0 Å². The molecule has 220 valence electrons. The first-order valence-corrected chi connectivity index (χ1v) is 14.4. The highest BCUT2D eigenvalue weighted by Crippen LogP contribution is 2.38. The Morgan fingerprint density at radius 1 is 1.15 bits per heavy atom. The molecule has 1 aromatic heterocycles. The fraction of sp³-hybridized carbons (Fsp3) is 0.667. The molecule has 1 aromatic carbocycles. The maximum Gasteiger partial charge on any atom is 0.408 e. The molecule has 5 atom stereocenters. The van der Waals surface area contributed by atoms with Crippen LogP contribution in [0.1, 0.15) is 71.9 Å². The Kier molecular flexibility index (Phi) is 9.38. The van der Waals surface area contributed by atoms with E-state index in [1.807, 2.05) is 18.2 Å². The van der Waals surface area contributed by atoms with Crippen LogP contribution in [0.15, 0.2) is 18.2 Å². The number of methoxy groups -OCH3 is 1. The van der Waals surface area contributed by atoms with Gasteiger partial charge in [-0.1, -0.05) is 33.6 Å². The molecule has 4 rings (SSSR count). The van der Waals surface area contributed by atoms with Crippen LogP contribution in [0.5, 0.6) is 11.6 Å². The summed E-state index contributed by atoms with van der Waals surface area (Å²) in [6.45, 7) is 8.40. The Morgan fingerprint density at radius 2 is 1.93 bits per heavy atom. The first-order valence-electron chi connectivity index (χ1n) is 14.4. The molecule has 1 saturated heterocycles. The smallest absolute Gasteiger partial charge is 0.408 e. The average molecular weight is 557 g/mol. The second-order valence-electron chi connectivity index (χ2n) is 12.4. The number of aryl methyl sites for hydroxylation is 1. The number of aliphatic carboxylic acids is 1. The quantitative estimate of drug-likeness (QED) is 0.354. The Labute approximate surface area is 236 Å². The molecule has 1 amide bonds. The third-order valence-corrected chi connectivity index (χ3v) is 8.01. The van der Waals surface area contributed by atoms with Crippen molar-refractivity contribution in [3.63, 3.8) is 0 Å². The number of carbonyl (C=O) groups is 2. The summed E-state index contributed by atoms with van der Waals surface area (Å²) in [4.78, 5) is 35.8. The van der Waals surface area contributed by atoms with Crippen LogP contribution in [0.25, 0.3) is 11.0 Å². The number of nitrogens with one attached hydrogen (secondary N) is 1. The number of carbonyl (C=O) groups excluding carboxylic acids is 1. The molecule has 1 saturated carbocycles. The van der Waals surface area contributed by atoms with Crippen molar-refractivity contribution in [2.24, 2.45) is 11.3 Å². The summed E-state index contributed by atoms with van der Waals surface area (Å²) in [6, 6.07) is 5.20. The zero-order valence-electron chi connectivity index (χ0n) is 24.6. The van der Waals surface area contributed by atoms with Crippen molar-refractivity contribution < 1.29 is 28.9 Å². The number of fused-ring (bicyclic) bond motifs is 1. The maximum atomic E-state index is 12.2. The predicted octanol–water partition coefficient (Wildman–Crippen LogP) is 4.83. The van der Waals surface area contributed by atoms with Crippen LogP contribution in [-0.4, -0.2) is 77.0 Å². The lowest BCUT2D eigenvalue weighted by atomic mass is 9.87. The third kappa shape index (κ3) is 7.74. The predicted molar refractivity (Wildman–Crippen MR) is 152 cm³/mol. The summed E-state index contributed by atoms with van der Waals surface area (Å²) in [5, 5.41) is 11.9. The number of hydrogen-bond donors (Lipinski definition) is 2. The molecule has 2 aromatic rings. The van der Waals surface area contributed by atoms with Gasteiger partial charge in [0.2, 0.25) is 5.88 Å². The number of likely N-dealkylation sites (N-methyl/N-ethyl adjacent to an activating group) is 1. The molecule has 10 nitrogen and oxygen atoms in total. The minimum Gasteiger partial charge on any atom is -0.497 e. The lowest BCUT2D eigenvalue weighted by molar-refractivity contribution is -0.142. The van der Waals surface area contributed by atoms with Gasteiger partial charge in [0.05, 0.1) is 18.1 Å². The summed E-state index contributed by atoms with van der Waals surface area (Å²) >= 11 is 0. The summed E-state index contributed by atoms with van der Waals surface area (Å²) in [5.41, 5.74) is 1.87. The zero-order chi connectivity index (χ0) is 29.0. The fourth-order valence-corrected chi connectivity index (χ4v) is 5.30. The van der Waals surface area contributed by atoms with Gasteiger partial charge in [-0.15, -0.1) is 0 Å². The molecular weight excluding hydrogens is 512 g/mol. The number of ether oxygens (including phenoxy) is 3. The molecule has 0 spiro atoms. The Hall–Kier alpha value is -3.14. The highest BCUT2D eigenvalue weighted by Gasteiger charge is 2.41. The molecular formula is C30H44N4O6. The van der Waals surface area contributed by atoms with E-state index in [-0.39, 0.29) is 12.2 Å². The van der Waals surface area contributed by atoms with Crippen LogP contribution in [-0.2, 0) is 16.0 Å². The van der Waals surface area contributed by atoms with Gasteiger partial charge in [-0.2, -0.15) is 0 Å². The SMILES string of the molecule is COc1ccc2nc(CCCCC[C@@H]3C[C@H]3OC(=O)N[C@H](C(=O)O)C(C)(C)C)c(O[C@@H]3C[C@@H](C)N(C)C3)nc2c1. The molecule has 10 heteroatoms. The summed E-state index contributed by atoms with van der Waals surface area (Å²) in [5.74, 6) is 0.626. The maximum absolute atomic E-state index is 12.2. The number of amides is 1. The number of unbranched alkanes of at least 4 members (excludes halogenated alkanes) is 2. The molecule has 2 aliphatic rings. The average Bonchev–Trinajstić information content (AvgIpc) is 3.54. The van der Waals surface area contributed by atoms with Crippen LogP contribution in [0, 0.1) is 11.3 Å². The Bertz CT molecular complexity index is 1190. The van der Waals surface area contributed by atoms with E-state index in [1.54, 1.807) is 27.9 Å². The van der Waals surface area contributed by atoms with Gasteiger partial charge in [0.1, 0.15) is 29.7 Å². The second kappa shape index (κ2) is 12.6. The summed E-state index contributed by atoms with van der Waals surface area (Å²) in [6.07, 6.45) is 5.83. The van der Waals surface area contributed by atoms with Gasteiger partial charge in [0.15, 0.2) is 0 Å². The molecule has 2 heterocycles. The molecule has 2 N–H and O–H groups in total. The van der Waals surface area contributed by atoms with E-state index in [9.17, 15) is 14.7 Å². The van der Waals surface area contributed by atoms with Crippen molar-refractivity contribution in [2.45, 2.75) is 96.9 Å². The number of carboxylic acids is 1. The highest BCUT2D eigenvalue weighted by molar-refractivity contribution is 5.80. The monoisotopic (exact) mass is 556 g/mol. The van der Waals surface area contributed by atoms with E-state index in [1.165, 1.54) is 0 Å². The van der Waals surface area contributed by atoms with E-state index in [0.29, 0.717) is 17.8 Å². The molecule has 1 aliphatic carbocycles. The van der Waals surface area contributed by atoms with Crippen LogP contribution in [0.4, 0.5) is 4.79 Å². The Balaban J connectivity index is 1.26. The van der Waals surface area contributed by atoms with E-state index in [4.69, 9.17) is 24.2 Å². The number of benzene rings is 1. The molecule has 0 unspecified atom stereocenters. The minimum absolute atomic E-state index is 0.0919. The first-order chi connectivity index (χ1) is 18.9. The Morgan fingerprint density at radius 3 is 2.58 bits per heavy atom. The van der Waals surface area contributed by atoms with Crippen molar-refractivity contribution in [1.29, 1.82) is 0 Å². The van der Waals surface area contributed by atoms with Crippen LogP contribution in [0.3, 0.4) is 0 Å². The standard InChI is InChI=1S/C30H44N4O6/c1-18-14-21(17-34(18)5)39-27-23(31-22-13-12-20(38-6)16-24(22)32-27)11-9-7-8-10-19-15-25(19)40-29(37)33-26(28(35)36)30(2,3)4/h12-13,16,18-19,21,25-26H,7-11,14-15,17H2,1-6H3,(H,33,37)(H,35,36)/t18-,19-,21-,25-,26-/m1/s1. The van der Waals surface area contributed by atoms with Crippen molar-refractivity contribution in [2.75, 3.05) is 20.7 Å². The van der Waals surface area contributed by atoms with Crippen LogP contribution < -0.4 is 14.8 Å². The third-order valence-electron chi connectivity index (χ3n) is 8.01. The zero-order valence-corrected chi connectivity index (χ0v) is 24.6. The van der Waals surface area contributed by atoms with Gasteiger partial charge in [-0.3, -0.25) is 4.90 Å². The van der Waals surface area contributed by atoms with Crippen molar-refractivity contribution in [1.82, 2.24) is 20.2 Å². The second-order valence-corrected chi connectivity index (χ2v) is 12.4. The van der Waals surface area contributed by atoms with Gasteiger partial charge >= 0.3 is 12.1 Å². The number of hydrogen-bond acceptors (Lipinski definition) is 8. The van der Waals surface area contributed by atoms with Gasteiger partial charge in [0.25, 0.3) is 0 Å². The van der Waals surface area contributed by atoms with E-state index < -0.39 is 23.5 Å². The first kappa shape index (κ1) is 29.8. The lowest BCUT2D eigenvalue weighted by Gasteiger charge is -2.27. The number of aromatic nitrogens is 2. The summed E-state index contributed by atoms with van der Waals surface area (Å²) < 4.78 is 17.2. The van der Waals surface area contributed by atoms with Crippen molar-refractivity contribution in [3.05, 3.63) is 23.9 Å². The van der Waals surface area contributed by atoms with Crippen molar-refractivity contribution >= 4 is 23.1 Å². The molecule has 40 heavy (non-hydrogen) atoms. The number of rotatable bonds is 12. The summed E-state index contributed by atoms with van der Waals surface area (Å²) in [7, 11) is 3.76. The van der Waals surface area contributed by atoms with Crippen molar-refractivity contribution in [3.8, 4) is 11.6 Å². The number of nitrogens with zero attached hydrogens (tertiary/aromatic N) is 3. The minimum atomic E-state index is -1.06. The number of likely N-dealkylation sites (tertiary alicyclic amines) is 1. The van der Waals surface area contributed by atoms with Crippen LogP contribution >= 0.6 is 0 Å². The van der Waals surface area contributed by atoms with Gasteiger partial charge in [-0.05, 0) is 63.1 Å². The molecule has 0 radical (unpaired) electrons. The lowest BCUT2D eigenvalue weighted by Crippen LogP contribution is -2.49. The molecule has 1 aliphatic heterocycles.